The minimum Gasteiger partial charge on any atom is -0.356 e. The van der Waals surface area contributed by atoms with Gasteiger partial charge in [0, 0.05) is 19.7 Å². The van der Waals surface area contributed by atoms with E-state index >= 15 is 0 Å². The molecule has 1 heterocycles. The SMILES string of the molecule is CC(=O)N1C=Cc2ccccc2C1CC(=O)NCC(C)C. The van der Waals surface area contributed by atoms with Crippen LogP contribution in [-0.4, -0.2) is 23.3 Å². The molecule has 0 spiro atoms. The molecule has 1 aliphatic heterocycles. The zero-order chi connectivity index (χ0) is 15.4. The van der Waals surface area contributed by atoms with E-state index in [2.05, 4.69) is 19.2 Å². The van der Waals surface area contributed by atoms with E-state index < -0.39 is 0 Å². The van der Waals surface area contributed by atoms with Crippen LogP contribution in [0.2, 0.25) is 0 Å². The predicted octanol–water partition coefficient (Wildman–Crippen LogP) is 2.72. The Balaban J connectivity index is 2.18. The summed E-state index contributed by atoms with van der Waals surface area (Å²) in [6, 6.07) is 7.66. The molecule has 0 saturated carbocycles. The zero-order valence-corrected chi connectivity index (χ0v) is 12.8. The highest BCUT2D eigenvalue weighted by Gasteiger charge is 2.27. The van der Waals surface area contributed by atoms with Gasteiger partial charge in [0.15, 0.2) is 0 Å². The molecule has 0 saturated heterocycles. The highest BCUT2D eigenvalue weighted by molar-refractivity contribution is 5.81. The molecule has 1 aromatic rings. The van der Waals surface area contributed by atoms with Crippen molar-refractivity contribution in [3.05, 3.63) is 41.6 Å². The molecule has 112 valence electrons. The third-order valence-corrected chi connectivity index (χ3v) is 3.56. The van der Waals surface area contributed by atoms with E-state index in [1.165, 1.54) is 6.92 Å². The van der Waals surface area contributed by atoms with Crippen LogP contribution in [0.3, 0.4) is 0 Å². The minimum atomic E-state index is -0.226. The molecule has 1 unspecified atom stereocenters. The van der Waals surface area contributed by atoms with E-state index in [0.29, 0.717) is 12.5 Å². The average Bonchev–Trinajstić information content (AvgIpc) is 2.45. The van der Waals surface area contributed by atoms with Gasteiger partial charge in [-0.15, -0.1) is 0 Å². The molecule has 0 fully saturated rings. The van der Waals surface area contributed by atoms with E-state index in [4.69, 9.17) is 0 Å². The lowest BCUT2D eigenvalue weighted by Crippen LogP contribution is -2.36. The lowest BCUT2D eigenvalue weighted by atomic mass is 9.93. The molecule has 1 aromatic carbocycles. The lowest BCUT2D eigenvalue weighted by Gasteiger charge is -2.32. The summed E-state index contributed by atoms with van der Waals surface area (Å²) < 4.78 is 0. The molecular weight excluding hydrogens is 264 g/mol. The fourth-order valence-corrected chi connectivity index (χ4v) is 2.48. The number of nitrogens with zero attached hydrogens (tertiary/aromatic N) is 1. The molecule has 0 aliphatic carbocycles. The van der Waals surface area contributed by atoms with Crippen molar-refractivity contribution in [2.24, 2.45) is 5.92 Å². The number of carbonyl (C=O) groups is 2. The van der Waals surface area contributed by atoms with Crippen LogP contribution in [0, 0.1) is 5.92 Å². The molecule has 2 rings (SSSR count). The van der Waals surface area contributed by atoms with Crippen LogP contribution in [0.1, 0.15) is 44.4 Å². The van der Waals surface area contributed by atoms with Crippen LogP contribution in [0.15, 0.2) is 30.5 Å². The number of nitrogens with one attached hydrogen (secondary N) is 1. The Hall–Kier alpha value is -2.10. The highest BCUT2D eigenvalue weighted by Crippen LogP contribution is 2.32. The number of hydrogen-bond donors (Lipinski definition) is 1. The quantitative estimate of drug-likeness (QED) is 0.925. The molecule has 4 nitrogen and oxygen atoms in total. The van der Waals surface area contributed by atoms with Crippen molar-refractivity contribution in [2.75, 3.05) is 6.54 Å². The summed E-state index contributed by atoms with van der Waals surface area (Å²) in [5.74, 6) is 0.337. The maximum Gasteiger partial charge on any atom is 0.223 e. The van der Waals surface area contributed by atoms with Gasteiger partial charge in [-0.2, -0.15) is 0 Å². The van der Waals surface area contributed by atoms with Crippen molar-refractivity contribution in [1.29, 1.82) is 0 Å². The maximum absolute atomic E-state index is 12.1. The molecule has 4 heteroatoms. The van der Waals surface area contributed by atoms with E-state index in [0.717, 1.165) is 11.1 Å². The van der Waals surface area contributed by atoms with E-state index in [1.807, 2.05) is 30.3 Å². The Kier molecular flexibility index (Phi) is 4.78. The van der Waals surface area contributed by atoms with Gasteiger partial charge in [0.1, 0.15) is 0 Å². The summed E-state index contributed by atoms with van der Waals surface area (Å²) in [4.78, 5) is 25.6. The Labute approximate surface area is 125 Å². The average molecular weight is 286 g/mol. The molecule has 1 aliphatic rings. The Morgan fingerprint density at radius 1 is 1.29 bits per heavy atom. The Bertz CT molecular complexity index is 564. The number of hydrogen-bond acceptors (Lipinski definition) is 2. The molecule has 0 radical (unpaired) electrons. The van der Waals surface area contributed by atoms with Gasteiger partial charge in [0.05, 0.1) is 12.5 Å². The molecular formula is C17H22N2O2. The first-order chi connectivity index (χ1) is 9.99. The van der Waals surface area contributed by atoms with Crippen LogP contribution >= 0.6 is 0 Å². The van der Waals surface area contributed by atoms with Crippen LogP contribution in [-0.2, 0) is 9.59 Å². The van der Waals surface area contributed by atoms with Crippen LogP contribution < -0.4 is 5.32 Å². The van der Waals surface area contributed by atoms with Crippen molar-refractivity contribution in [1.82, 2.24) is 10.2 Å². The molecule has 2 amide bonds. The molecule has 0 aromatic heterocycles. The van der Waals surface area contributed by atoms with E-state index in [9.17, 15) is 9.59 Å². The smallest absolute Gasteiger partial charge is 0.223 e. The van der Waals surface area contributed by atoms with Gasteiger partial charge >= 0.3 is 0 Å². The summed E-state index contributed by atoms with van der Waals surface area (Å²) in [5.41, 5.74) is 2.09. The van der Waals surface area contributed by atoms with Gasteiger partial charge in [-0.05, 0) is 23.1 Å². The van der Waals surface area contributed by atoms with Gasteiger partial charge in [0.25, 0.3) is 0 Å². The monoisotopic (exact) mass is 286 g/mol. The standard InChI is InChI=1S/C17H22N2O2/c1-12(2)11-18-17(21)10-16-15-7-5-4-6-14(15)8-9-19(16)13(3)20/h4-9,12,16H,10-11H2,1-3H3,(H,18,21). The third kappa shape index (κ3) is 3.72. The third-order valence-electron chi connectivity index (χ3n) is 3.56. The number of carbonyl (C=O) groups excluding carboxylic acids is 2. The second-order valence-corrected chi connectivity index (χ2v) is 5.79. The molecule has 0 bridgehead atoms. The summed E-state index contributed by atoms with van der Waals surface area (Å²) in [6.45, 7) is 6.29. The first kappa shape index (κ1) is 15.3. The first-order valence-corrected chi connectivity index (χ1v) is 7.31. The minimum absolute atomic E-state index is 0.0231. The van der Waals surface area contributed by atoms with Crippen molar-refractivity contribution in [2.45, 2.75) is 33.2 Å². The summed E-state index contributed by atoms with van der Waals surface area (Å²) in [6.07, 6.45) is 3.97. The molecule has 1 atom stereocenters. The summed E-state index contributed by atoms with van der Waals surface area (Å²) >= 11 is 0. The Morgan fingerprint density at radius 3 is 2.67 bits per heavy atom. The van der Waals surface area contributed by atoms with Gasteiger partial charge in [-0.3, -0.25) is 9.59 Å². The van der Waals surface area contributed by atoms with Crippen molar-refractivity contribution < 1.29 is 9.59 Å². The van der Waals surface area contributed by atoms with Crippen molar-refractivity contribution in [3.63, 3.8) is 0 Å². The number of fused-ring (bicyclic) bond motifs is 1. The van der Waals surface area contributed by atoms with Crippen LogP contribution in [0.25, 0.3) is 6.08 Å². The number of benzene rings is 1. The van der Waals surface area contributed by atoms with Crippen LogP contribution in [0.4, 0.5) is 0 Å². The summed E-state index contributed by atoms with van der Waals surface area (Å²) in [7, 11) is 0. The number of rotatable bonds is 4. The Morgan fingerprint density at radius 2 is 2.00 bits per heavy atom. The van der Waals surface area contributed by atoms with Gasteiger partial charge < -0.3 is 10.2 Å². The van der Waals surface area contributed by atoms with Crippen LogP contribution in [0.5, 0.6) is 0 Å². The van der Waals surface area contributed by atoms with E-state index in [-0.39, 0.29) is 24.3 Å². The highest BCUT2D eigenvalue weighted by atomic mass is 16.2. The lowest BCUT2D eigenvalue weighted by molar-refractivity contribution is -0.130. The first-order valence-electron chi connectivity index (χ1n) is 7.31. The fraction of sp³-hybridized carbons (Fsp3) is 0.412. The largest absolute Gasteiger partial charge is 0.356 e. The zero-order valence-electron chi connectivity index (χ0n) is 12.8. The summed E-state index contributed by atoms with van der Waals surface area (Å²) in [5, 5.41) is 2.92. The maximum atomic E-state index is 12.1. The second-order valence-electron chi connectivity index (χ2n) is 5.79. The van der Waals surface area contributed by atoms with Gasteiger partial charge in [-0.1, -0.05) is 38.1 Å². The van der Waals surface area contributed by atoms with Crippen molar-refractivity contribution in [3.8, 4) is 0 Å². The van der Waals surface area contributed by atoms with Crippen molar-refractivity contribution >= 4 is 17.9 Å². The molecule has 21 heavy (non-hydrogen) atoms. The normalized spacial score (nSPS) is 16.8. The predicted molar refractivity (Wildman–Crippen MR) is 83.2 cm³/mol. The second kappa shape index (κ2) is 6.57. The van der Waals surface area contributed by atoms with Gasteiger partial charge in [-0.25, -0.2) is 0 Å². The topological polar surface area (TPSA) is 49.4 Å². The van der Waals surface area contributed by atoms with Gasteiger partial charge in [0.2, 0.25) is 11.8 Å². The molecule has 1 N–H and O–H groups in total. The fourth-order valence-electron chi connectivity index (χ4n) is 2.48. The number of amides is 2. The van der Waals surface area contributed by atoms with E-state index in [1.54, 1.807) is 11.1 Å².